The summed E-state index contributed by atoms with van der Waals surface area (Å²) < 4.78 is 0. The molecule has 2 rings (SSSR count). The van der Waals surface area contributed by atoms with Crippen LogP contribution < -0.4 is 0 Å². The van der Waals surface area contributed by atoms with Gasteiger partial charge in [-0.05, 0) is 37.5 Å². The molecule has 0 atom stereocenters. The number of likely N-dealkylation sites (tertiary alicyclic amines) is 1. The van der Waals surface area contributed by atoms with E-state index in [0.29, 0.717) is 5.92 Å². The van der Waals surface area contributed by atoms with Crippen LogP contribution in [0.5, 0.6) is 0 Å². The van der Waals surface area contributed by atoms with E-state index in [1.807, 2.05) is 12.3 Å². The zero-order valence-corrected chi connectivity index (χ0v) is 14.8. The summed E-state index contributed by atoms with van der Waals surface area (Å²) in [4.78, 5) is 6.78. The molecule has 0 amide bonds. The van der Waals surface area contributed by atoms with E-state index in [4.69, 9.17) is 0 Å². The van der Waals surface area contributed by atoms with Crippen molar-refractivity contribution in [2.45, 2.75) is 39.0 Å². The van der Waals surface area contributed by atoms with Crippen molar-refractivity contribution in [3.63, 3.8) is 0 Å². The van der Waals surface area contributed by atoms with Crippen LogP contribution in [0.1, 0.15) is 50.3 Å². The summed E-state index contributed by atoms with van der Waals surface area (Å²) in [5, 5.41) is 0. The Morgan fingerprint density at radius 3 is 2.63 bits per heavy atom. The Bertz CT molecular complexity index is 422. The molecule has 0 N–H and O–H groups in total. The van der Waals surface area contributed by atoms with Gasteiger partial charge < -0.3 is 4.98 Å². The SMILES string of the molecule is CC(C)c1[c-]cc(C#CCN2CCCCC2)nc1.[Y]. The van der Waals surface area contributed by atoms with Crippen molar-refractivity contribution in [1.29, 1.82) is 0 Å². The number of piperidine rings is 1. The van der Waals surface area contributed by atoms with Crippen LogP contribution in [0.2, 0.25) is 0 Å². The third kappa shape index (κ3) is 5.73. The van der Waals surface area contributed by atoms with Gasteiger partial charge in [0.15, 0.2) is 0 Å². The molecular weight excluding hydrogens is 309 g/mol. The minimum absolute atomic E-state index is 0. The molecule has 0 aromatic carbocycles. The number of rotatable bonds is 2. The monoisotopic (exact) mass is 330 g/mol. The van der Waals surface area contributed by atoms with Crippen LogP contribution in [-0.4, -0.2) is 29.5 Å². The van der Waals surface area contributed by atoms with E-state index in [1.54, 1.807) is 0 Å². The first-order chi connectivity index (χ1) is 8.75. The Kier molecular flexibility index (Phi) is 7.84. The first kappa shape index (κ1) is 16.8. The summed E-state index contributed by atoms with van der Waals surface area (Å²) in [6, 6.07) is 5.15. The summed E-state index contributed by atoms with van der Waals surface area (Å²) in [6.45, 7) is 7.55. The first-order valence-electron chi connectivity index (χ1n) is 6.84. The third-order valence-corrected chi connectivity index (χ3v) is 3.31. The molecule has 3 heteroatoms. The van der Waals surface area contributed by atoms with Gasteiger partial charge in [-0.2, -0.15) is 6.07 Å². The molecule has 1 aliphatic heterocycles. The molecule has 0 spiro atoms. The molecule has 0 saturated carbocycles. The number of hydrogen-bond acceptors (Lipinski definition) is 2. The van der Waals surface area contributed by atoms with Gasteiger partial charge in [-0.25, -0.2) is 0 Å². The van der Waals surface area contributed by atoms with Crippen molar-refractivity contribution in [1.82, 2.24) is 9.88 Å². The topological polar surface area (TPSA) is 16.1 Å². The van der Waals surface area contributed by atoms with Gasteiger partial charge in [-0.3, -0.25) is 4.90 Å². The summed E-state index contributed by atoms with van der Waals surface area (Å²) in [5.74, 6) is 6.82. The van der Waals surface area contributed by atoms with Crippen molar-refractivity contribution in [3.8, 4) is 11.8 Å². The Hall–Kier alpha value is -0.226. The van der Waals surface area contributed by atoms with Crippen molar-refractivity contribution >= 4 is 0 Å². The summed E-state index contributed by atoms with van der Waals surface area (Å²) >= 11 is 0. The van der Waals surface area contributed by atoms with Crippen LogP contribution in [-0.2, 0) is 32.7 Å². The van der Waals surface area contributed by atoms with Gasteiger partial charge in [0.1, 0.15) is 0 Å². The van der Waals surface area contributed by atoms with Gasteiger partial charge in [-0.1, -0.05) is 32.4 Å². The van der Waals surface area contributed by atoms with E-state index in [-0.39, 0.29) is 32.7 Å². The molecule has 1 radical (unpaired) electrons. The van der Waals surface area contributed by atoms with Crippen molar-refractivity contribution < 1.29 is 32.7 Å². The van der Waals surface area contributed by atoms with Crippen LogP contribution in [0.15, 0.2) is 12.3 Å². The van der Waals surface area contributed by atoms with Gasteiger partial charge in [0, 0.05) is 32.7 Å². The van der Waals surface area contributed by atoms with Crippen molar-refractivity contribution in [2.24, 2.45) is 0 Å². The van der Waals surface area contributed by atoms with Gasteiger partial charge in [0.2, 0.25) is 0 Å². The second-order valence-electron chi connectivity index (χ2n) is 5.18. The molecular formula is C16H21N2Y-. The largest absolute Gasteiger partial charge is 0.375 e. The Morgan fingerprint density at radius 2 is 2.05 bits per heavy atom. The maximum atomic E-state index is 4.36. The number of nitrogens with zero attached hydrogens (tertiary/aromatic N) is 2. The zero-order valence-electron chi connectivity index (χ0n) is 11.9. The number of hydrogen-bond donors (Lipinski definition) is 0. The van der Waals surface area contributed by atoms with E-state index < -0.39 is 0 Å². The third-order valence-electron chi connectivity index (χ3n) is 3.31. The Labute approximate surface area is 142 Å². The minimum Gasteiger partial charge on any atom is -0.375 e. The molecule has 2 nitrogen and oxygen atoms in total. The first-order valence-corrected chi connectivity index (χ1v) is 6.84. The van der Waals surface area contributed by atoms with E-state index in [0.717, 1.165) is 17.8 Å². The number of pyridine rings is 1. The molecule has 2 heterocycles. The van der Waals surface area contributed by atoms with Crippen molar-refractivity contribution in [3.05, 3.63) is 29.6 Å². The van der Waals surface area contributed by atoms with Gasteiger partial charge in [0.05, 0.1) is 6.54 Å². The predicted molar refractivity (Wildman–Crippen MR) is 74.3 cm³/mol. The quantitative estimate of drug-likeness (QED) is 0.612. The van der Waals surface area contributed by atoms with Crippen LogP contribution in [0.25, 0.3) is 0 Å². The van der Waals surface area contributed by atoms with E-state index in [2.05, 4.69) is 41.6 Å². The molecule has 1 fully saturated rings. The summed E-state index contributed by atoms with van der Waals surface area (Å²) in [5.41, 5.74) is 1.98. The van der Waals surface area contributed by atoms with E-state index in [9.17, 15) is 0 Å². The van der Waals surface area contributed by atoms with E-state index >= 15 is 0 Å². The second kappa shape index (κ2) is 8.85. The van der Waals surface area contributed by atoms with Gasteiger partial charge >= 0.3 is 0 Å². The fourth-order valence-corrected chi connectivity index (χ4v) is 2.11. The number of aromatic nitrogens is 1. The second-order valence-corrected chi connectivity index (χ2v) is 5.18. The predicted octanol–water partition coefficient (Wildman–Crippen LogP) is 2.84. The minimum atomic E-state index is 0. The average molecular weight is 330 g/mol. The Balaban J connectivity index is 0.00000180. The van der Waals surface area contributed by atoms with E-state index in [1.165, 1.54) is 32.4 Å². The molecule has 0 aliphatic carbocycles. The van der Waals surface area contributed by atoms with Crippen LogP contribution >= 0.6 is 0 Å². The van der Waals surface area contributed by atoms with Crippen LogP contribution in [0.4, 0.5) is 0 Å². The van der Waals surface area contributed by atoms with Crippen molar-refractivity contribution in [2.75, 3.05) is 19.6 Å². The zero-order chi connectivity index (χ0) is 12.8. The van der Waals surface area contributed by atoms with Crippen LogP contribution in [0, 0.1) is 17.9 Å². The van der Waals surface area contributed by atoms with Gasteiger partial charge in [0.25, 0.3) is 0 Å². The molecule has 19 heavy (non-hydrogen) atoms. The normalized spacial score (nSPS) is 15.5. The summed E-state index contributed by atoms with van der Waals surface area (Å²) in [7, 11) is 0. The summed E-state index contributed by atoms with van der Waals surface area (Å²) in [6.07, 6.45) is 5.89. The average Bonchev–Trinajstić information content (AvgIpc) is 2.40. The molecule has 0 bridgehead atoms. The maximum absolute atomic E-state index is 4.36. The van der Waals surface area contributed by atoms with Gasteiger partial charge in [-0.15, -0.1) is 17.6 Å². The molecule has 0 unspecified atom stereocenters. The molecule has 1 aromatic rings. The molecule has 1 saturated heterocycles. The Morgan fingerprint density at radius 1 is 1.32 bits per heavy atom. The van der Waals surface area contributed by atoms with Crippen LogP contribution in [0.3, 0.4) is 0 Å². The molecule has 1 aromatic heterocycles. The standard InChI is InChI=1S/C16H21N2.Y/c1-14(2)15-8-9-16(17-13-15)7-6-12-18-10-4-3-5-11-18;/h9,13-14H,3-5,10-12H2,1-2H3;/q-1;. The molecule has 99 valence electrons. The fourth-order valence-electron chi connectivity index (χ4n) is 2.11. The molecule has 1 aliphatic rings. The smallest absolute Gasteiger partial charge is 0.0594 e. The fraction of sp³-hybridized carbons (Fsp3) is 0.562. The maximum Gasteiger partial charge on any atom is 0.0594 e.